The fourth-order valence-corrected chi connectivity index (χ4v) is 2.06. The maximum Gasteiger partial charge on any atom is 0.248 e. The lowest BCUT2D eigenvalue weighted by molar-refractivity contribution is 0.376. The molecule has 0 radical (unpaired) electrons. The minimum Gasteiger partial charge on any atom is -0.362 e. The second kappa shape index (κ2) is 4.00. The largest absolute Gasteiger partial charge is 0.362 e. The molecule has 0 aromatic carbocycles. The van der Waals surface area contributed by atoms with E-state index in [0.29, 0.717) is 24.3 Å². The molecule has 1 unspecified atom stereocenters. The third kappa shape index (κ3) is 2.25. The van der Waals surface area contributed by atoms with Crippen LogP contribution in [0.1, 0.15) is 18.6 Å². The molecule has 1 saturated heterocycles. The summed E-state index contributed by atoms with van der Waals surface area (Å²) in [5.74, 6) is 2.29. The summed E-state index contributed by atoms with van der Waals surface area (Å²) < 4.78 is 4.95. The van der Waals surface area contributed by atoms with Gasteiger partial charge in [-0.2, -0.15) is 4.98 Å². The molecule has 2 heterocycles. The Hall–Kier alpha value is -1.04. The molecular formula is C8H12N4OS. The molecule has 0 aliphatic carbocycles. The Morgan fingerprint density at radius 1 is 1.71 bits per heavy atom. The number of hydrogen-bond acceptors (Lipinski definition) is 5. The van der Waals surface area contributed by atoms with Gasteiger partial charge in [-0.25, -0.2) is 0 Å². The zero-order valence-electron chi connectivity index (χ0n) is 8.15. The molecule has 1 aromatic heterocycles. The molecule has 76 valence electrons. The second-order valence-corrected chi connectivity index (χ2v) is 4.22. The molecule has 0 bridgehead atoms. The molecule has 6 heteroatoms. The molecule has 0 spiro atoms. The quantitative estimate of drug-likeness (QED) is 0.791. The molecule has 0 saturated carbocycles. The van der Waals surface area contributed by atoms with Crippen molar-refractivity contribution in [2.45, 2.75) is 26.4 Å². The van der Waals surface area contributed by atoms with Gasteiger partial charge in [0.05, 0.1) is 0 Å². The number of thioether (sulfide) groups is 1. The summed E-state index contributed by atoms with van der Waals surface area (Å²) in [4.78, 5) is 8.40. The van der Waals surface area contributed by atoms with Crippen molar-refractivity contribution in [2.75, 3.05) is 5.75 Å². The van der Waals surface area contributed by atoms with E-state index < -0.39 is 0 Å². The van der Waals surface area contributed by atoms with Crippen molar-refractivity contribution in [2.24, 2.45) is 4.99 Å². The van der Waals surface area contributed by atoms with Gasteiger partial charge in [0.25, 0.3) is 0 Å². The van der Waals surface area contributed by atoms with Crippen molar-refractivity contribution in [1.82, 2.24) is 15.5 Å². The first-order valence-electron chi connectivity index (χ1n) is 4.47. The highest BCUT2D eigenvalue weighted by molar-refractivity contribution is 8.14. The number of rotatable bonds is 2. The fourth-order valence-electron chi connectivity index (χ4n) is 1.13. The number of aryl methyl sites for hydroxylation is 1. The highest BCUT2D eigenvalue weighted by atomic mass is 32.2. The summed E-state index contributed by atoms with van der Waals surface area (Å²) in [6, 6.07) is 0.503. The number of hydrogen-bond donors (Lipinski definition) is 1. The van der Waals surface area contributed by atoms with Crippen molar-refractivity contribution in [1.29, 1.82) is 0 Å². The molecule has 1 aliphatic heterocycles. The monoisotopic (exact) mass is 212 g/mol. The summed E-state index contributed by atoms with van der Waals surface area (Å²) in [5.41, 5.74) is 0. The van der Waals surface area contributed by atoms with Gasteiger partial charge in [0, 0.05) is 11.8 Å². The van der Waals surface area contributed by atoms with Gasteiger partial charge in [-0.05, 0) is 13.8 Å². The lowest BCUT2D eigenvalue weighted by atomic mass is 10.4. The van der Waals surface area contributed by atoms with Gasteiger partial charge < -0.3 is 9.84 Å². The van der Waals surface area contributed by atoms with Crippen LogP contribution in [0.3, 0.4) is 0 Å². The lowest BCUT2D eigenvalue weighted by Crippen LogP contribution is -2.23. The SMILES string of the molecule is Cc1noc(CN=C2NC(C)CS2)n1. The molecule has 5 nitrogen and oxygen atoms in total. The number of nitrogens with zero attached hydrogens (tertiary/aromatic N) is 3. The zero-order valence-corrected chi connectivity index (χ0v) is 8.97. The molecule has 1 aromatic rings. The third-order valence-electron chi connectivity index (χ3n) is 1.77. The summed E-state index contributed by atoms with van der Waals surface area (Å²) in [7, 11) is 0. The van der Waals surface area contributed by atoms with Crippen LogP contribution >= 0.6 is 11.8 Å². The summed E-state index contributed by atoms with van der Waals surface area (Å²) in [6.45, 7) is 4.39. The van der Waals surface area contributed by atoms with E-state index in [1.807, 2.05) is 0 Å². The van der Waals surface area contributed by atoms with E-state index >= 15 is 0 Å². The minimum absolute atomic E-state index is 0.461. The first kappa shape index (κ1) is 9.51. The lowest BCUT2D eigenvalue weighted by Gasteiger charge is -1.99. The van der Waals surface area contributed by atoms with Gasteiger partial charge in [-0.3, -0.25) is 4.99 Å². The Bertz CT molecular complexity index is 349. The van der Waals surface area contributed by atoms with Crippen LogP contribution in [0.4, 0.5) is 0 Å². The minimum atomic E-state index is 0.461. The molecule has 2 rings (SSSR count). The van der Waals surface area contributed by atoms with Crippen LogP contribution in [0, 0.1) is 6.92 Å². The predicted molar refractivity (Wildman–Crippen MR) is 55.2 cm³/mol. The number of aromatic nitrogens is 2. The van der Waals surface area contributed by atoms with Crippen LogP contribution < -0.4 is 5.32 Å². The molecular weight excluding hydrogens is 200 g/mol. The van der Waals surface area contributed by atoms with Crippen molar-refractivity contribution < 1.29 is 4.52 Å². The standard InChI is InChI=1S/C8H12N4OS/c1-5-4-14-8(10-5)9-3-7-11-6(2)12-13-7/h5H,3-4H2,1-2H3,(H,9,10). The Morgan fingerprint density at radius 2 is 2.57 bits per heavy atom. The van der Waals surface area contributed by atoms with Crippen molar-refractivity contribution in [3.8, 4) is 0 Å². The van der Waals surface area contributed by atoms with E-state index in [4.69, 9.17) is 4.52 Å². The Balaban J connectivity index is 1.93. The van der Waals surface area contributed by atoms with Crippen LogP contribution in [0.2, 0.25) is 0 Å². The predicted octanol–water partition coefficient (Wildman–Crippen LogP) is 0.959. The maximum absolute atomic E-state index is 4.95. The molecule has 1 fully saturated rings. The second-order valence-electron chi connectivity index (χ2n) is 3.21. The summed E-state index contributed by atoms with van der Waals surface area (Å²) in [5, 5.41) is 7.91. The maximum atomic E-state index is 4.95. The van der Waals surface area contributed by atoms with E-state index in [0.717, 1.165) is 10.9 Å². The van der Waals surface area contributed by atoms with Crippen LogP contribution in [0.15, 0.2) is 9.52 Å². The van der Waals surface area contributed by atoms with Gasteiger partial charge in [-0.1, -0.05) is 16.9 Å². The third-order valence-corrected chi connectivity index (χ3v) is 2.95. The average Bonchev–Trinajstić information content (AvgIpc) is 2.72. The average molecular weight is 212 g/mol. The van der Waals surface area contributed by atoms with E-state index in [2.05, 4.69) is 27.4 Å². The van der Waals surface area contributed by atoms with Gasteiger partial charge in [0.1, 0.15) is 6.54 Å². The first-order valence-corrected chi connectivity index (χ1v) is 5.45. The van der Waals surface area contributed by atoms with Crippen LogP contribution in [-0.2, 0) is 6.54 Å². The highest BCUT2D eigenvalue weighted by Gasteiger charge is 2.15. The van der Waals surface area contributed by atoms with Crippen molar-refractivity contribution in [3.05, 3.63) is 11.7 Å². The fraction of sp³-hybridized carbons (Fsp3) is 0.625. The topological polar surface area (TPSA) is 63.3 Å². The zero-order chi connectivity index (χ0) is 9.97. The smallest absolute Gasteiger partial charge is 0.248 e. The summed E-state index contributed by atoms with van der Waals surface area (Å²) in [6.07, 6.45) is 0. The Labute approximate surface area is 86.4 Å². The number of amidine groups is 1. The van der Waals surface area contributed by atoms with Crippen molar-refractivity contribution >= 4 is 16.9 Å². The highest BCUT2D eigenvalue weighted by Crippen LogP contribution is 2.13. The van der Waals surface area contributed by atoms with Crippen LogP contribution in [0.5, 0.6) is 0 Å². The van der Waals surface area contributed by atoms with Gasteiger partial charge in [0.2, 0.25) is 5.89 Å². The number of aliphatic imine (C=N–C) groups is 1. The van der Waals surface area contributed by atoms with Crippen LogP contribution in [-0.4, -0.2) is 27.1 Å². The summed E-state index contributed by atoms with van der Waals surface area (Å²) >= 11 is 1.73. The van der Waals surface area contributed by atoms with Gasteiger partial charge in [-0.15, -0.1) is 0 Å². The van der Waals surface area contributed by atoms with Gasteiger partial charge >= 0.3 is 0 Å². The Morgan fingerprint density at radius 3 is 3.14 bits per heavy atom. The molecule has 1 atom stereocenters. The van der Waals surface area contributed by atoms with Crippen molar-refractivity contribution in [3.63, 3.8) is 0 Å². The number of nitrogens with one attached hydrogen (secondary N) is 1. The normalized spacial score (nSPS) is 24.1. The van der Waals surface area contributed by atoms with E-state index in [1.165, 1.54) is 0 Å². The van der Waals surface area contributed by atoms with Gasteiger partial charge in [0.15, 0.2) is 11.0 Å². The molecule has 1 aliphatic rings. The van der Waals surface area contributed by atoms with Crippen LogP contribution in [0.25, 0.3) is 0 Å². The molecule has 1 N–H and O–H groups in total. The van der Waals surface area contributed by atoms with E-state index in [9.17, 15) is 0 Å². The Kier molecular flexibility index (Phi) is 2.72. The molecule has 14 heavy (non-hydrogen) atoms. The molecule has 0 amide bonds. The first-order chi connectivity index (χ1) is 6.74. The van der Waals surface area contributed by atoms with E-state index in [-0.39, 0.29) is 0 Å². The van der Waals surface area contributed by atoms with E-state index in [1.54, 1.807) is 18.7 Å².